The normalized spacial score (nSPS) is 13.2. The lowest BCUT2D eigenvalue weighted by Gasteiger charge is -2.10. The summed E-state index contributed by atoms with van der Waals surface area (Å²) < 4.78 is 31.9. The van der Waals surface area contributed by atoms with E-state index in [-0.39, 0.29) is 17.0 Å². The van der Waals surface area contributed by atoms with E-state index in [0.29, 0.717) is 12.0 Å². The van der Waals surface area contributed by atoms with E-state index in [1.165, 1.54) is 0 Å². The Kier molecular flexibility index (Phi) is 2.92. The number of rotatable bonds is 3. The number of fused-ring (bicyclic) bond motifs is 1. The maximum Gasteiger partial charge on any atom is 0.172 e. The first-order chi connectivity index (χ1) is 7.63. The van der Waals surface area contributed by atoms with Crippen LogP contribution in [0.4, 0.5) is 8.78 Å². The Labute approximate surface area is 92.2 Å². The Morgan fingerprint density at radius 3 is 2.81 bits per heavy atom. The van der Waals surface area contributed by atoms with Crippen LogP contribution in [0.25, 0.3) is 11.0 Å². The van der Waals surface area contributed by atoms with Gasteiger partial charge in [-0.05, 0) is 32.0 Å². The number of halogens is 2. The smallest absolute Gasteiger partial charge is 0.172 e. The zero-order valence-corrected chi connectivity index (χ0v) is 9.18. The third kappa shape index (κ3) is 1.80. The molecule has 0 amide bonds. The van der Waals surface area contributed by atoms with Crippen molar-refractivity contribution in [3.8, 4) is 0 Å². The molecule has 2 nitrogen and oxygen atoms in total. The van der Waals surface area contributed by atoms with Gasteiger partial charge in [-0.25, -0.2) is 8.78 Å². The molecular weight excluding hydrogens is 212 g/mol. The summed E-state index contributed by atoms with van der Waals surface area (Å²) in [4.78, 5) is 0. The zero-order valence-electron chi connectivity index (χ0n) is 9.18. The maximum atomic E-state index is 13.9. The Hall–Kier alpha value is -1.42. The second-order valence-corrected chi connectivity index (χ2v) is 3.89. The van der Waals surface area contributed by atoms with E-state index in [2.05, 4.69) is 5.32 Å². The highest BCUT2D eigenvalue weighted by molar-refractivity contribution is 5.79. The Bertz CT molecular complexity index is 507. The third-order valence-corrected chi connectivity index (χ3v) is 2.73. The van der Waals surface area contributed by atoms with Crippen molar-refractivity contribution >= 4 is 11.0 Å². The van der Waals surface area contributed by atoms with E-state index in [9.17, 15) is 8.78 Å². The van der Waals surface area contributed by atoms with E-state index in [0.717, 1.165) is 6.26 Å². The summed E-state index contributed by atoms with van der Waals surface area (Å²) in [7, 11) is 1.81. The summed E-state index contributed by atoms with van der Waals surface area (Å²) >= 11 is 0. The van der Waals surface area contributed by atoms with Gasteiger partial charge in [0, 0.05) is 6.04 Å². The van der Waals surface area contributed by atoms with E-state index in [4.69, 9.17) is 4.42 Å². The van der Waals surface area contributed by atoms with Crippen molar-refractivity contribution in [3.63, 3.8) is 0 Å². The molecule has 2 rings (SSSR count). The molecular formula is C12H13F2NO. The van der Waals surface area contributed by atoms with Crippen LogP contribution < -0.4 is 5.32 Å². The first-order valence-corrected chi connectivity index (χ1v) is 5.14. The predicted molar refractivity (Wildman–Crippen MR) is 58.4 cm³/mol. The van der Waals surface area contributed by atoms with Crippen molar-refractivity contribution in [3.05, 3.63) is 35.6 Å². The van der Waals surface area contributed by atoms with Crippen LogP contribution in [0.5, 0.6) is 0 Å². The average Bonchev–Trinajstić information content (AvgIpc) is 2.65. The Morgan fingerprint density at radius 2 is 2.12 bits per heavy atom. The van der Waals surface area contributed by atoms with Crippen LogP contribution >= 0.6 is 0 Å². The molecule has 0 bridgehead atoms. The zero-order chi connectivity index (χ0) is 11.7. The lowest BCUT2D eigenvalue weighted by atomic mass is 10.1. The van der Waals surface area contributed by atoms with Crippen LogP contribution in [0.15, 0.2) is 22.8 Å². The molecule has 0 saturated carbocycles. The highest BCUT2D eigenvalue weighted by Crippen LogP contribution is 2.25. The molecule has 0 aliphatic rings. The van der Waals surface area contributed by atoms with Crippen molar-refractivity contribution in [2.24, 2.45) is 0 Å². The molecule has 0 spiro atoms. The second-order valence-electron chi connectivity index (χ2n) is 3.89. The minimum Gasteiger partial charge on any atom is -0.458 e. The van der Waals surface area contributed by atoms with Gasteiger partial charge in [0.1, 0.15) is 6.26 Å². The highest BCUT2D eigenvalue weighted by atomic mass is 19.1. The number of hydrogen-bond donors (Lipinski definition) is 1. The predicted octanol–water partition coefficient (Wildman–Crippen LogP) is 2.86. The Morgan fingerprint density at radius 1 is 1.38 bits per heavy atom. The number of benzene rings is 1. The Balaban J connectivity index is 2.44. The topological polar surface area (TPSA) is 25.2 Å². The van der Waals surface area contributed by atoms with Crippen molar-refractivity contribution in [1.29, 1.82) is 0 Å². The summed E-state index contributed by atoms with van der Waals surface area (Å²) in [6, 6.07) is 3.31. The third-order valence-electron chi connectivity index (χ3n) is 2.73. The van der Waals surface area contributed by atoms with Gasteiger partial charge in [-0.1, -0.05) is 6.07 Å². The van der Waals surface area contributed by atoms with E-state index in [1.807, 2.05) is 14.0 Å². The molecule has 16 heavy (non-hydrogen) atoms. The molecule has 0 radical (unpaired) electrons. The summed E-state index contributed by atoms with van der Waals surface area (Å²) in [5.74, 6) is -0.995. The molecule has 1 heterocycles. The quantitative estimate of drug-likeness (QED) is 0.868. The van der Waals surface area contributed by atoms with E-state index < -0.39 is 11.6 Å². The van der Waals surface area contributed by atoms with E-state index >= 15 is 0 Å². The molecule has 2 aromatic rings. The van der Waals surface area contributed by atoms with Crippen LogP contribution in [0.3, 0.4) is 0 Å². The molecule has 4 heteroatoms. The number of furan rings is 1. The molecule has 1 atom stereocenters. The highest BCUT2D eigenvalue weighted by Gasteiger charge is 2.15. The fourth-order valence-corrected chi connectivity index (χ4v) is 1.66. The van der Waals surface area contributed by atoms with Gasteiger partial charge in [-0.15, -0.1) is 0 Å². The van der Waals surface area contributed by atoms with Crippen molar-refractivity contribution in [2.45, 2.75) is 19.4 Å². The lowest BCUT2D eigenvalue weighted by Crippen LogP contribution is -2.23. The van der Waals surface area contributed by atoms with Gasteiger partial charge in [0.15, 0.2) is 17.2 Å². The van der Waals surface area contributed by atoms with Crippen molar-refractivity contribution in [2.75, 3.05) is 7.05 Å². The van der Waals surface area contributed by atoms with Gasteiger partial charge in [-0.2, -0.15) is 0 Å². The van der Waals surface area contributed by atoms with Gasteiger partial charge >= 0.3 is 0 Å². The van der Waals surface area contributed by atoms with Crippen LogP contribution in [0.2, 0.25) is 0 Å². The number of likely N-dealkylation sites (N-methyl/N-ethyl adjacent to an activating group) is 1. The largest absolute Gasteiger partial charge is 0.458 e. The molecule has 0 saturated heterocycles. The second kappa shape index (κ2) is 4.22. The van der Waals surface area contributed by atoms with Gasteiger partial charge in [0.05, 0.1) is 5.39 Å². The first kappa shape index (κ1) is 11.1. The standard InChI is InChI=1S/C12H13F2NO/c1-7(15-2)5-8-3-4-9-10(13)6-16-12(9)11(8)14/h3-4,6-7,15H,5H2,1-2H3/t7-/m0/s1. The molecule has 1 N–H and O–H groups in total. The number of hydrogen-bond acceptors (Lipinski definition) is 2. The number of nitrogens with one attached hydrogen (secondary N) is 1. The van der Waals surface area contributed by atoms with Crippen LogP contribution in [0, 0.1) is 11.6 Å². The monoisotopic (exact) mass is 225 g/mol. The average molecular weight is 225 g/mol. The summed E-state index contributed by atoms with van der Waals surface area (Å²) in [6.45, 7) is 1.95. The molecule has 1 aromatic carbocycles. The molecule has 0 unspecified atom stereocenters. The fourth-order valence-electron chi connectivity index (χ4n) is 1.66. The molecule has 0 aliphatic carbocycles. The van der Waals surface area contributed by atoms with Gasteiger partial charge in [0.25, 0.3) is 0 Å². The van der Waals surface area contributed by atoms with Gasteiger partial charge in [-0.3, -0.25) is 0 Å². The SMILES string of the molecule is CN[C@@H](C)Cc1ccc2c(F)coc2c1F. The van der Waals surface area contributed by atoms with Crippen molar-refractivity contribution < 1.29 is 13.2 Å². The van der Waals surface area contributed by atoms with Gasteiger partial charge in [0.2, 0.25) is 0 Å². The van der Waals surface area contributed by atoms with Crippen LogP contribution in [-0.2, 0) is 6.42 Å². The minimum atomic E-state index is -0.526. The maximum absolute atomic E-state index is 13.9. The summed E-state index contributed by atoms with van der Waals surface area (Å²) in [5.41, 5.74) is 0.530. The molecule has 1 aromatic heterocycles. The molecule has 86 valence electrons. The summed E-state index contributed by atoms with van der Waals surface area (Å²) in [5, 5.41) is 3.22. The molecule has 0 aliphatic heterocycles. The van der Waals surface area contributed by atoms with Crippen LogP contribution in [-0.4, -0.2) is 13.1 Å². The molecule has 0 fully saturated rings. The first-order valence-electron chi connectivity index (χ1n) is 5.14. The minimum absolute atomic E-state index is 0.00157. The summed E-state index contributed by atoms with van der Waals surface area (Å²) in [6.07, 6.45) is 1.47. The van der Waals surface area contributed by atoms with E-state index in [1.54, 1.807) is 12.1 Å². The van der Waals surface area contributed by atoms with Crippen molar-refractivity contribution in [1.82, 2.24) is 5.32 Å². The van der Waals surface area contributed by atoms with Crippen LogP contribution in [0.1, 0.15) is 12.5 Å². The lowest BCUT2D eigenvalue weighted by molar-refractivity contribution is 0.524. The fraction of sp³-hybridized carbons (Fsp3) is 0.333. The van der Waals surface area contributed by atoms with Gasteiger partial charge < -0.3 is 9.73 Å².